The van der Waals surface area contributed by atoms with Crippen LogP contribution in [0.2, 0.25) is 5.02 Å². The molecule has 19 heavy (non-hydrogen) atoms. The number of carbonyl (C=O) groups is 1. The van der Waals surface area contributed by atoms with Crippen molar-refractivity contribution >= 4 is 29.9 Å². The molecule has 2 rings (SSSR count). The molecule has 1 amide bonds. The third kappa shape index (κ3) is 4.64. The van der Waals surface area contributed by atoms with E-state index in [0.29, 0.717) is 29.7 Å². The average molecular weight is 307 g/mol. The van der Waals surface area contributed by atoms with Crippen LogP contribution in [0.3, 0.4) is 0 Å². The quantitative estimate of drug-likeness (QED) is 0.909. The molecule has 1 N–H and O–H groups in total. The molecular weight excluding hydrogens is 290 g/mol. The number of rotatable bonds is 2. The number of carbonyl (C=O) groups excluding carboxylic acids is 1. The van der Waals surface area contributed by atoms with Gasteiger partial charge in [0, 0.05) is 30.7 Å². The average Bonchev–Trinajstić information content (AvgIpc) is 2.27. The van der Waals surface area contributed by atoms with Crippen LogP contribution in [0.1, 0.15) is 12.5 Å². The Balaban J connectivity index is 0.00000180. The van der Waals surface area contributed by atoms with Crippen molar-refractivity contribution in [3.63, 3.8) is 0 Å². The standard InChI is InChI=1S/C13H16ClFN2O.ClH/c1-9-8-17(3-2-16-9)13(18)6-10-4-11(14)7-12(15)5-10;/h4-5,7,9,16H,2-3,6,8H2,1H3;1H. The van der Waals surface area contributed by atoms with Crippen LogP contribution in [0.15, 0.2) is 18.2 Å². The Bertz CT molecular complexity index is 436. The van der Waals surface area contributed by atoms with Crippen molar-refractivity contribution in [3.8, 4) is 0 Å². The molecule has 0 saturated carbocycles. The lowest BCUT2D eigenvalue weighted by Crippen LogP contribution is -2.51. The number of piperazine rings is 1. The van der Waals surface area contributed by atoms with E-state index in [0.717, 1.165) is 6.54 Å². The zero-order valence-corrected chi connectivity index (χ0v) is 12.2. The van der Waals surface area contributed by atoms with Crippen molar-refractivity contribution in [2.75, 3.05) is 19.6 Å². The molecule has 106 valence electrons. The number of benzene rings is 1. The van der Waals surface area contributed by atoms with Gasteiger partial charge in [-0.25, -0.2) is 4.39 Å². The van der Waals surface area contributed by atoms with E-state index in [9.17, 15) is 9.18 Å². The Kier molecular flexibility index (Phi) is 6.04. The summed E-state index contributed by atoms with van der Waals surface area (Å²) in [5.41, 5.74) is 0.621. The van der Waals surface area contributed by atoms with Gasteiger partial charge in [0.1, 0.15) is 5.82 Å². The molecule has 1 unspecified atom stereocenters. The second-order valence-corrected chi connectivity index (χ2v) is 5.09. The number of hydrogen-bond acceptors (Lipinski definition) is 2. The number of halogens is 3. The summed E-state index contributed by atoms with van der Waals surface area (Å²) >= 11 is 5.77. The molecule has 0 bridgehead atoms. The molecule has 1 aromatic carbocycles. The van der Waals surface area contributed by atoms with Crippen molar-refractivity contribution < 1.29 is 9.18 Å². The molecule has 1 heterocycles. The normalized spacial score (nSPS) is 18.9. The summed E-state index contributed by atoms with van der Waals surface area (Å²) in [4.78, 5) is 13.9. The fraction of sp³-hybridized carbons (Fsp3) is 0.462. The maximum atomic E-state index is 13.2. The monoisotopic (exact) mass is 306 g/mol. The van der Waals surface area contributed by atoms with Gasteiger partial charge in [0.25, 0.3) is 0 Å². The van der Waals surface area contributed by atoms with Crippen LogP contribution < -0.4 is 5.32 Å². The molecule has 1 atom stereocenters. The third-order valence-corrected chi connectivity index (χ3v) is 3.22. The molecule has 6 heteroatoms. The van der Waals surface area contributed by atoms with Crippen LogP contribution in [-0.4, -0.2) is 36.5 Å². The first-order chi connectivity index (χ1) is 8.54. The van der Waals surface area contributed by atoms with Crippen molar-refractivity contribution in [2.24, 2.45) is 0 Å². The molecular formula is C13H17Cl2FN2O. The Labute approximate surface area is 123 Å². The van der Waals surface area contributed by atoms with Gasteiger partial charge < -0.3 is 10.2 Å². The van der Waals surface area contributed by atoms with Crippen molar-refractivity contribution in [1.82, 2.24) is 10.2 Å². The van der Waals surface area contributed by atoms with Crippen LogP contribution in [0.5, 0.6) is 0 Å². The molecule has 0 aromatic heterocycles. The molecule has 0 radical (unpaired) electrons. The number of hydrogen-bond donors (Lipinski definition) is 1. The van der Waals surface area contributed by atoms with E-state index in [1.807, 2.05) is 6.92 Å². The Morgan fingerprint density at radius 2 is 2.26 bits per heavy atom. The first-order valence-corrected chi connectivity index (χ1v) is 6.38. The lowest BCUT2D eigenvalue weighted by atomic mass is 10.1. The third-order valence-electron chi connectivity index (χ3n) is 3.00. The zero-order valence-electron chi connectivity index (χ0n) is 10.7. The largest absolute Gasteiger partial charge is 0.340 e. The number of nitrogens with zero attached hydrogens (tertiary/aromatic N) is 1. The molecule has 0 spiro atoms. The van der Waals surface area contributed by atoms with Gasteiger partial charge in [-0.3, -0.25) is 4.79 Å². The predicted molar refractivity (Wildman–Crippen MR) is 76.4 cm³/mol. The Morgan fingerprint density at radius 1 is 1.53 bits per heavy atom. The van der Waals surface area contributed by atoms with Gasteiger partial charge in [-0.2, -0.15) is 0 Å². The highest BCUT2D eigenvalue weighted by Crippen LogP contribution is 2.15. The summed E-state index contributed by atoms with van der Waals surface area (Å²) in [6.07, 6.45) is 0.199. The fourth-order valence-corrected chi connectivity index (χ4v) is 2.40. The smallest absolute Gasteiger partial charge is 0.227 e. The second kappa shape index (κ2) is 7.08. The van der Waals surface area contributed by atoms with Gasteiger partial charge in [0.15, 0.2) is 0 Å². The number of nitrogens with one attached hydrogen (secondary N) is 1. The van der Waals surface area contributed by atoms with E-state index in [1.165, 1.54) is 12.1 Å². The van der Waals surface area contributed by atoms with Gasteiger partial charge in [-0.05, 0) is 30.7 Å². The Morgan fingerprint density at radius 3 is 2.89 bits per heavy atom. The zero-order chi connectivity index (χ0) is 13.1. The van der Waals surface area contributed by atoms with Crippen molar-refractivity contribution in [1.29, 1.82) is 0 Å². The van der Waals surface area contributed by atoms with Crippen LogP contribution in [-0.2, 0) is 11.2 Å². The topological polar surface area (TPSA) is 32.3 Å². The van der Waals surface area contributed by atoms with Crippen LogP contribution in [0, 0.1) is 5.82 Å². The second-order valence-electron chi connectivity index (χ2n) is 4.65. The molecule has 3 nitrogen and oxygen atoms in total. The highest BCUT2D eigenvalue weighted by atomic mass is 35.5. The molecule has 1 aliphatic heterocycles. The Hall–Kier alpha value is -0.840. The van der Waals surface area contributed by atoms with Gasteiger partial charge >= 0.3 is 0 Å². The van der Waals surface area contributed by atoms with Crippen LogP contribution >= 0.6 is 24.0 Å². The molecule has 1 aromatic rings. The maximum Gasteiger partial charge on any atom is 0.227 e. The first-order valence-electron chi connectivity index (χ1n) is 6.01. The van der Waals surface area contributed by atoms with Crippen LogP contribution in [0.4, 0.5) is 4.39 Å². The van der Waals surface area contributed by atoms with E-state index in [2.05, 4.69) is 5.32 Å². The number of amides is 1. The summed E-state index contributed by atoms with van der Waals surface area (Å²) in [6.45, 7) is 4.24. The van der Waals surface area contributed by atoms with E-state index in [4.69, 9.17) is 11.6 Å². The van der Waals surface area contributed by atoms with Gasteiger partial charge in [-0.1, -0.05) is 11.6 Å². The molecule has 1 fully saturated rings. The minimum absolute atomic E-state index is 0. The summed E-state index contributed by atoms with van der Waals surface area (Å²) in [7, 11) is 0. The van der Waals surface area contributed by atoms with Crippen molar-refractivity contribution in [2.45, 2.75) is 19.4 Å². The van der Waals surface area contributed by atoms with Crippen molar-refractivity contribution in [3.05, 3.63) is 34.6 Å². The van der Waals surface area contributed by atoms with E-state index in [-0.39, 0.29) is 24.7 Å². The minimum atomic E-state index is -0.404. The molecule has 0 aliphatic carbocycles. The molecule has 1 aliphatic rings. The minimum Gasteiger partial charge on any atom is -0.340 e. The van der Waals surface area contributed by atoms with Gasteiger partial charge in [-0.15, -0.1) is 12.4 Å². The lowest BCUT2D eigenvalue weighted by molar-refractivity contribution is -0.131. The van der Waals surface area contributed by atoms with E-state index in [1.54, 1.807) is 11.0 Å². The highest BCUT2D eigenvalue weighted by molar-refractivity contribution is 6.30. The summed E-state index contributed by atoms with van der Waals surface area (Å²) in [5, 5.41) is 3.60. The SMILES string of the molecule is CC1CN(C(=O)Cc2cc(F)cc(Cl)c2)CCN1.Cl. The summed E-state index contributed by atoms with van der Waals surface area (Å²) in [5.74, 6) is -0.385. The van der Waals surface area contributed by atoms with Crippen LogP contribution in [0.25, 0.3) is 0 Å². The van der Waals surface area contributed by atoms with E-state index >= 15 is 0 Å². The van der Waals surface area contributed by atoms with Gasteiger partial charge in [0.05, 0.1) is 6.42 Å². The molecule has 1 saturated heterocycles. The maximum absolute atomic E-state index is 13.2. The predicted octanol–water partition coefficient (Wildman–Crippen LogP) is 2.26. The first kappa shape index (κ1) is 16.2. The lowest BCUT2D eigenvalue weighted by Gasteiger charge is -2.32. The van der Waals surface area contributed by atoms with E-state index < -0.39 is 5.82 Å². The highest BCUT2D eigenvalue weighted by Gasteiger charge is 2.20. The fourth-order valence-electron chi connectivity index (χ4n) is 2.16. The van der Waals surface area contributed by atoms with Gasteiger partial charge in [0.2, 0.25) is 5.91 Å². The summed E-state index contributed by atoms with van der Waals surface area (Å²) in [6, 6.07) is 4.53. The summed E-state index contributed by atoms with van der Waals surface area (Å²) < 4.78 is 13.2.